The predicted molar refractivity (Wildman–Crippen MR) is 103 cm³/mol. The highest BCUT2D eigenvalue weighted by atomic mass is 79.9. The van der Waals surface area contributed by atoms with Gasteiger partial charge >= 0.3 is 0 Å². The van der Waals surface area contributed by atoms with Crippen molar-refractivity contribution in [1.29, 1.82) is 0 Å². The molecule has 1 spiro atoms. The van der Waals surface area contributed by atoms with Crippen LogP contribution in [0.2, 0.25) is 0 Å². The summed E-state index contributed by atoms with van der Waals surface area (Å²) in [7, 11) is 0. The number of thioether (sulfide) groups is 1. The second-order valence-corrected chi connectivity index (χ2v) is 9.59. The summed E-state index contributed by atoms with van der Waals surface area (Å²) in [4.78, 5) is 5.04. The van der Waals surface area contributed by atoms with Gasteiger partial charge in [0.05, 0.1) is 11.2 Å². The first-order chi connectivity index (χ1) is 9.97. The number of rotatable bonds is 1. The monoisotopic (exact) mass is 494 g/mol. The predicted octanol–water partition coefficient (Wildman–Crippen LogP) is 6.44. The first kappa shape index (κ1) is 16.3. The van der Waals surface area contributed by atoms with E-state index in [9.17, 15) is 0 Å². The normalized spacial score (nSPS) is 28.8. The standard InChI is InChI=1S/C15H17Br3N2S/c1-9-3-2-4-15(7-9)8-21-14(20-15)19-13-11(17)5-10(16)6-12(13)18/h5-6,9H,2-4,7-8H2,1H3,(H,19,20). The largest absolute Gasteiger partial charge is 0.333 e. The van der Waals surface area contributed by atoms with Crippen molar-refractivity contribution in [2.24, 2.45) is 10.9 Å². The van der Waals surface area contributed by atoms with Gasteiger partial charge in [0.2, 0.25) is 0 Å². The lowest BCUT2D eigenvalue weighted by Gasteiger charge is -2.33. The molecule has 114 valence electrons. The Morgan fingerprint density at radius 3 is 2.67 bits per heavy atom. The van der Waals surface area contributed by atoms with Crippen LogP contribution < -0.4 is 5.32 Å². The van der Waals surface area contributed by atoms with E-state index in [4.69, 9.17) is 4.99 Å². The molecule has 2 nitrogen and oxygen atoms in total. The smallest absolute Gasteiger partial charge is 0.161 e. The maximum Gasteiger partial charge on any atom is 0.161 e. The highest BCUT2D eigenvalue weighted by molar-refractivity contribution is 9.11. The average Bonchev–Trinajstić information content (AvgIpc) is 2.76. The molecule has 0 bridgehead atoms. The first-order valence-electron chi connectivity index (χ1n) is 7.12. The van der Waals surface area contributed by atoms with E-state index in [-0.39, 0.29) is 5.54 Å². The van der Waals surface area contributed by atoms with E-state index in [2.05, 4.69) is 60.0 Å². The van der Waals surface area contributed by atoms with Gasteiger partial charge in [-0.05, 0) is 62.8 Å². The van der Waals surface area contributed by atoms with Gasteiger partial charge in [-0.15, -0.1) is 0 Å². The van der Waals surface area contributed by atoms with Crippen molar-refractivity contribution >= 4 is 70.4 Å². The molecule has 3 rings (SSSR count). The Labute approximate surface area is 155 Å². The van der Waals surface area contributed by atoms with E-state index < -0.39 is 0 Å². The van der Waals surface area contributed by atoms with E-state index in [0.717, 1.165) is 35.9 Å². The maximum absolute atomic E-state index is 5.04. The average molecular weight is 497 g/mol. The lowest BCUT2D eigenvalue weighted by molar-refractivity contribution is 0.266. The zero-order valence-electron chi connectivity index (χ0n) is 11.8. The fourth-order valence-electron chi connectivity index (χ4n) is 3.18. The van der Waals surface area contributed by atoms with Crippen LogP contribution in [0.1, 0.15) is 32.6 Å². The van der Waals surface area contributed by atoms with Gasteiger partial charge in [0.1, 0.15) is 0 Å². The van der Waals surface area contributed by atoms with Crippen LogP contribution in [-0.2, 0) is 0 Å². The summed E-state index contributed by atoms with van der Waals surface area (Å²) in [5.74, 6) is 1.92. The van der Waals surface area contributed by atoms with Crippen molar-refractivity contribution in [3.63, 3.8) is 0 Å². The van der Waals surface area contributed by atoms with Crippen LogP contribution in [0.4, 0.5) is 5.69 Å². The zero-order chi connectivity index (χ0) is 15.0. The molecule has 6 heteroatoms. The summed E-state index contributed by atoms with van der Waals surface area (Å²) in [5.41, 5.74) is 1.23. The number of halogens is 3. The molecule has 1 saturated carbocycles. The van der Waals surface area contributed by atoms with E-state index >= 15 is 0 Å². The van der Waals surface area contributed by atoms with E-state index in [1.165, 1.54) is 25.7 Å². The summed E-state index contributed by atoms with van der Waals surface area (Å²) >= 11 is 12.6. The van der Waals surface area contributed by atoms with E-state index in [0.29, 0.717) is 0 Å². The molecule has 0 aromatic heterocycles. The van der Waals surface area contributed by atoms with Crippen molar-refractivity contribution < 1.29 is 0 Å². The van der Waals surface area contributed by atoms with Gasteiger partial charge in [-0.2, -0.15) is 0 Å². The topological polar surface area (TPSA) is 24.4 Å². The number of nitrogens with zero attached hydrogens (tertiary/aromatic N) is 1. The van der Waals surface area contributed by atoms with Crippen LogP contribution >= 0.6 is 59.6 Å². The number of benzene rings is 1. The molecule has 1 aliphatic carbocycles. The van der Waals surface area contributed by atoms with Gasteiger partial charge in [-0.25, -0.2) is 0 Å². The quantitative estimate of drug-likeness (QED) is 0.484. The van der Waals surface area contributed by atoms with Gasteiger partial charge in [-0.3, -0.25) is 4.99 Å². The minimum absolute atomic E-state index is 0.180. The van der Waals surface area contributed by atoms with E-state index in [1.807, 2.05) is 23.9 Å². The molecule has 0 saturated heterocycles. The van der Waals surface area contributed by atoms with Crippen LogP contribution in [0.3, 0.4) is 0 Å². The molecule has 1 aromatic rings. The summed E-state index contributed by atoms with van der Waals surface area (Å²) in [6, 6.07) is 4.09. The Morgan fingerprint density at radius 2 is 2.00 bits per heavy atom. The highest BCUT2D eigenvalue weighted by Crippen LogP contribution is 2.43. The molecule has 1 fully saturated rings. The maximum atomic E-state index is 5.04. The molecule has 2 aliphatic rings. The third-order valence-corrected chi connectivity index (χ3v) is 6.98. The minimum Gasteiger partial charge on any atom is -0.333 e. The van der Waals surface area contributed by atoms with Crippen LogP contribution in [0, 0.1) is 5.92 Å². The molecule has 1 N–H and O–H groups in total. The van der Waals surface area contributed by atoms with E-state index in [1.54, 1.807) is 0 Å². The lowest BCUT2D eigenvalue weighted by atomic mass is 9.78. The zero-order valence-corrected chi connectivity index (χ0v) is 17.3. The molecule has 0 radical (unpaired) electrons. The molecule has 1 aliphatic heterocycles. The molecule has 0 amide bonds. The van der Waals surface area contributed by atoms with Gasteiger partial charge < -0.3 is 5.32 Å². The number of nitrogens with one attached hydrogen (secondary N) is 1. The minimum atomic E-state index is 0.180. The molecule has 2 unspecified atom stereocenters. The summed E-state index contributed by atoms with van der Waals surface area (Å²) in [6.45, 7) is 2.36. The SMILES string of the molecule is CC1CCCC2(CSC(Nc3c(Br)cc(Br)cc3Br)=N2)C1. The third-order valence-electron chi connectivity index (χ3n) is 4.12. The summed E-state index contributed by atoms with van der Waals surface area (Å²) in [6.07, 6.45) is 5.13. The number of anilines is 1. The van der Waals surface area contributed by atoms with Crippen LogP contribution in [-0.4, -0.2) is 16.5 Å². The Balaban J connectivity index is 1.80. The Kier molecular flexibility index (Phi) is 5.09. The Hall–Kier alpha value is 0.480. The molecule has 2 atom stereocenters. The lowest BCUT2D eigenvalue weighted by Crippen LogP contribution is -2.33. The van der Waals surface area contributed by atoms with Crippen molar-refractivity contribution in [2.75, 3.05) is 11.1 Å². The molecular formula is C15H17Br3N2S. The summed E-state index contributed by atoms with van der Waals surface area (Å²) in [5, 5.41) is 4.54. The van der Waals surface area contributed by atoms with Crippen LogP contribution in [0.25, 0.3) is 0 Å². The second-order valence-electron chi connectivity index (χ2n) is 6.00. The number of hydrogen-bond acceptors (Lipinski definition) is 3. The number of amidine groups is 1. The Bertz CT molecular complexity index is 567. The van der Waals surface area contributed by atoms with Crippen molar-refractivity contribution in [2.45, 2.75) is 38.1 Å². The van der Waals surface area contributed by atoms with Crippen LogP contribution in [0.5, 0.6) is 0 Å². The van der Waals surface area contributed by atoms with Gasteiger partial charge in [0, 0.05) is 19.2 Å². The van der Waals surface area contributed by atoms with Crippen LogP contribution in [0.15, 0.2) is 30.5 Å². The van der Waals surface area contributed by atoms with Gasteiger partial charge in [0.15, 0.2) is 5.17 Å². The molecule has 1 heterocycles. The molecule has 21 heavy (non-hydrogen) atoms. The first-order valence-corrected chi connectivity index (χ1v) is 10.5. The second kappa shape index (κ2) is 6.54. The molecular weight excluding hydrogens is 480 g/mol. The number of hydrogen-bond donors (Lipinski definition) is 1. The fraction of sp³-hybridized carbons (Fsp3) is 0.533. The van der Waals surface area contributed by atoms with Gasteiger partial charge in [-0.1, -0.05) is 47.5 Å². The third kappa shape index (κ3) is 3.70. The Morgan fingerprint density at radius 1 is 1.29 bits per heavy atom. The molecule has 1 aromatic carbocycles. The van der Waals surface area contributed by atoms with Crippen molar-refractivity contribution in [3.8, 4) is 0 Å². The van der Waals surface area contributed by atoms with Gasteiger partial charge in [0.25, 0.3) is 0 Å². The number of aliphatic imine (C=N–C) groups is 1. The summed E-state index contributed by atoms with van der Waals surface area (Å²) < 4.78 is 3.11. The highest BCUT2D eigenvalue weighted by Gasteiger charge is 2.39. The fourth-order valence-corrected chi connectivity index (χ4v) is 6.80. The van der Waals surface area contributed by atoms with Crippen molar-refractivity contribution in [1.82, 2.24) is 0 Å². The van der Waals surface area contributed by atoms with Crippen molar-refractivity contribution in [3.05, 3.63) is 25.6 Å².